The number of hydrogen-bond acceptors (Lipinski definition) is 6. The first-order valence-corrected chi connectivity index (χ1v) is 12.1. The maximum Gasteiger partial charge on any atom is 0.257 e. The van der Waals surface area contributed by atoms with Crippen molar-refractivity contribution in [2.75, 3.05) is 25.5 Å². The van der Waals surface area contributed by atoms with E-state index in [1.165, 1.54) is 0 Å². The average Bonchev–Trinajstić information content (AvgIpc) is 2.87. The second-order valence-corrected chi connectivity index (χ2v) is 8.94. The molecule has 0 unspecified atom stereocenters. The molecule has 1 saturated heterocycles. The molecule has 186 valence electrons. The highest BCUT2D eigenvalue weighted by Gasteiger charge is 2.39. The first kappa shape index (κ1) is 24.7. The Kier molecular flexibility index (Phi) is 7.97. The van der Waals surface area contributed by atoms with E-state index in [2.05, 4.69) is 15.6 Å². The Morgan fingerprint density at radius 3 is 2.71 bits per heavy atom. The minimum atomic E-state index is -0.333. The molecule has 0 aliphatic carbocycles. The number of carbonyl (C=O) groups excluding carboxylic acids is 3. The van der Waals surface area contributed by atoms with Crippen LogP contribution < -0.4 is 15.4 Å². The lowest BCUT2D eigenvalue weighted by atomic mass is 9.94. The number of hydrogen-bond donors (Lipinski definition) is 2. The number of aromatic nitrogens is 1. The molecule has 4 rings (SSSR count). The molecule has 3 amide bonds. The first-order valence-electron chi connectivity index (χ1n) is 12.1. The van der Waals surface area contributed by atoms with Gasteiger partial charge in [-0.3, -0.25) is 19.4 Å². The van der Waals surface area contributed by atoms with Gasteiger partial charge < -0.3 is 25.0 Å². The van der Waals surface area contributed by atoms with E-state index in [4.69, 9.17) is 9.47 Å². The number of carbonyl (C=O) groups is 3. The lowest BCUT2D eigenvalue weighted by molar-refractivity contribution is -0.134. The zero-order valence-corrected chi connectivity index (χ0v) is 20.2. The number of amides is 3. The van der Waals surface area contributed by atoms with E-state index in [1.54, 1.807) is 49.5 Å². The summed E-state index contributed by atoms with van der Waals surface area (Å²) < 4.78 is 12.2. The molecule has 0 saturated carbocycles. The zero-order chi connectivity index (χ0) is 24.8. The summed E-state index contributed by atoms with van der Waals surface area (Å²) in [4.78, 5) is 43.2. The first-order chi connectivity index (χ1) is 16.9. The van der Waals surface area contributed by atoms with Crippen LogP contribution in [-0.2, 0) is 20.7 Å². The summed E-state index contributed by atoms with van der Waals surface area (Å²) in [5.74, 6) is 0.101. The Labute approximate surface area is 205 Å². The molecule has 2 aliphatic rings. The number of pyridine rings is 1. The van der Waals surface area contributed by atoms with Gasteiger partial charge in [0.15, 0.2) is 0 Å². The summed E-state index contributed by atoms with van der Waals surface area (Å²) in [5.41, 5.74) is 2.10. The second-order valence-electron chi connectivity index (χ2n) is 8.94. The van der Waals surface area contributed by atoms with Gasteiger partial charge >= 0.3 is 0 Å². The summed E-state index contributed by atoms with van der Waals surface area (Å²) in [6, 6.07) is 8.79. The molecule has 35 heavy (non-hydrogen) atoms. The molecule has 3 atom stereocenters. The molecular weight excluding hydrogens is 448 g/mol. The highest BCUT2D eigenvalue weighted by atomic mass is 16.5. The molecule has 1 aromatic heterocycles. The fraction of sp³-hybridized carbons (Fsp3) is 0.462. The molecule has 3 heterocycles. The number of anilines is 1. The van der Waals surface area contributed by atoms with Gasteiger partial charge in [-0.25, -0.2) is 0 Å². The van der Waals surface area contributed by atoms with Crippen molar-refractivity contribution >= 4 is 23.4 Å². The fourth-order valence-corrected chi connectivity index (χ4v) is 4.53. The number of nitrogens with zero attached hydrogens (tertiary/aromatic N) is 2. The summed E-state index contributed by atoms with van der Waals surface area (Å²) in [6.07, 6.45) is 5.68. The largest absolute Gasteiger partial charge is 0.490 e. The molecule has 2 N–H and O–H groups in total. The predicted molar refractivity (Wildman–Crippen MR) is 130 cm³/mol. The van der Waals surface area contributed by atoms with Crippen LogP contribution in [-0.4, -0.2) is 66.1 Å². The molecule has 1 fully saturated rings. The van der Waals surface area contributed by atoms with E-state index < -0.39 is 0 Å². The van der Waals surface area contributed by atoms with E-state index in [1.807, 2.05) is 12.1 Å². The highest BCUT2D eigenvalue weighted by molar-refractivity contribution is 5.99. The van der Waals surface area contributed by atoms with Crippen molar-refractivity contribution in [1.29, 1.82) is 0 Å². The van der Waals surface area contributed by atoms with Crippen molar-refractivity contribution in [3.63, 3.8) is 0 Å². The molecular formula is C26H32N4O5. The molecule has 0 bridgehead atoms. The van der Waals surface area contributed by atoms with E-state index >= 15 is 0 Å². The Morgan fingerprint density at radius 2 is 1.94 bits per heavy atom. The topological polar surface area (TPSA) is 110 Å². The Morgan fingerprint density at radius 1 is 1.14 bits per heavy atom. The summed E-state index contributed by atoms with van der Waals surface area (Å²) >= 11 is 0. The smallest absolute Gasteiger partial charge is 0.257 e. The molecule has 1 aromatic carbocycles. The number of ether oxygens (including phenoxy) is 2. The second kappa shape index (κ2) is 11.3. The lowest BCUT2D eigenvalue weighted by Crippen LogP contribution is -2.54. The van der Waals surface area contributed by atoms with Crippen LogP contribution in [0.3, 0.4) is 0 Å². The normalized spacial score (nSPS) is 21.6. The third-order valence-electron chi connectivity index (χ3n) is 6.51. The average molecular weight is 481 g/mol. The van der Waals surface area contributed by atoms with E-state index in [9.17, 15) is 14.4 Å². The predicted octanol–water partition coefficient (Wildman–Crippen LogP) is 2.56. The number of likely N-dealkylation sites (N-methyl/N-ethyl adjacent to an activating group) is 1. The molecule has 9 heteroatoms. The van der Waals surface area contributed by atoms with Crippen molar-refractivity contribution in [3.8, 4) is 5.75 Å². The van der Waals surface area contributed by atoms with Crippen molar-refractivity contribution in [2.45, 2.75) is 57.3 Å². The van der Waals surface area contributed by atoms with Gasteiger partial charge in [0, 0.05) is 38.1 Å². The summed E-state index contributed by atoms with van der Waals surface area (Å²) in [6.45, 7) is 2.60. The zero-order valence-electron chi connectivity index (χ0n) is 20.2. The number of nitrogens with one attached hydrogen (secondary N) is 2. The van der Waals surface area contributed by atoms with Crippen molar-refractivity contribution in [3.05, 3.63) is 53.9 Å². The Hall–Kier alpha value is -3.46. The molecule has 2 aromatic rings. The molecule has 9 nitrogen and oxygen atoms in total. The maximum atomic E-state index is 13.3. The van der Waals surface area contributed by atoms with E-state index in [0.717, 1.165) is 12.0 Å². The minimum absolute atomic E-state index is 0.0503. The van der Waals surface area contributed by atoms with Crippen LogP contribution in [0.25, 0.3) is 0 Å². The van der Waals surface area contributed by atoms with Gasteiger partial charge in [0.05, 0.1) is 24.1 Å². The number of fused-ring (bicyclic) bond motifs is 2. The number of rotatable bonds is 7. The van der Waals surface area contributed by atoms with Crippen LogP contribution in [0.1, 0.15) is 48.5 Å². The lowest BCUT2D eigenvalue weighted by Gasteiger charge is -2.42. The van der Waals surface area contributed by atoms with E-state index in [0.29, 0.717) is 42.8 Å². The van der Waals surface area contributed by atoms with E-state index in [-0.39, 0.29) is 49.0 Å². The Balaban J connectivity index is 1.35. The quantitative estimate of drug-likeness (QED) is 0.630. The SMILES string of the molecule is CCC(=O)Nc1ccc2c(c1)C(=O)N(C)[C@H]1CC[C@H](CC(=O)NCCc3ccncc3)O[C@@H]1CO2. The van der Waals surface area contributed by atoms with Gasteiger partial charge in [0.2, 0.25) is 11.8 Å². The number of benzene rings is 1. The highest BCUT2D eigenvalue weighted by Crippen LogP contribution is 2.32. The van der Waals surface area contributed by atoms with Crippen LogP contribution in [0, 0.1) is 0 Å². The Bertz CT molecular complexity index is 1060. The van der Waals surface area contributed by atoms with Crippen LogP contribution >= 0.6 is 0 Å². The van der Waals surface area contributed by atoms with Gasteiger partial charge in [-0.05, 0) is 55.2 Å². The molecule has 0 spiro atoms. The van der Waals surface area contributed by atoms with Gasteiger partial charge in [0.1, 0.15) is 18.5 Å². The fourth-order valence-electron chi connectivity index (χ4n) is 4.53. The van der Waals surface area contributed by atoms with Crippen molar-refractivity contribution in [2.24, 2.45) is 0 Å². The standard InChI is InChI=1S/C26H32N4O5/c1-3-24(31)29-18-4-7-22-20(14-18)26(33)30(2)21-6-5-19(35-23(21)16-34-22)15-25(32)28-13-10-17-8-11-27-12-9-17/h4,7-9,11-12,14,19,21,23H,3,5-6,10,13,15-16H2,1-2H3,(H,28,32)(H,29,31)/t19-,21+,23-/m1/s1. The van der Waals surface area contributed by atoms with Crippen LogP contribution in [0.2, 0.25) is 0 Å². The van der Waals surface area contributed by atoms with Gasteiger partial charge in [-0.15, -0.1) is 0 Å². The van der Waals surface area contributed by atoms with Gasteiger partial charge in [-0.1, -0.05) is 6.92 Å². The summed E-state index contributed by atoms with van der Waals surface area (Å²) in [7, 11) is 1.77. The minimum Gasteiger partial charge on any atom is -0.490 e. The summed E-state index contributed by atoms with van der Waals surface area (Å²) in [5, 5.41) is 5.75. The molecule has 0 radical (unpaired) electrons. The van der Waals surface area contributed by atoms with Gasteiger partial charge in [0.25, 0.3) is 5.91 Å². The monoisotopic (exact) mass is 480 g/mol. The third kappa shape index (κ3) is 6.16. The van der Waals surface area contributed by atoms with Crippen molar-refractivity contribution < 1.29 is 23.9 Å². The van der Waals surface area contributed by atoms with Gasteiger partial charge in [-0.2, -0.15) is 0 Å². The van der Waals surface area contributed by atoms with Crippen LogP contribution in [0.5, 0.6) is 5.75 Å². The maximum absolute atomic E-state index is 13.3. The van der Waals surface area contributed by atoms with Crippen molar-refractivity contribution in [1.82, 2.24) is 15.2 Å². The molecule has 2 aliphatic heterocycles. The van der Waals surface area contributed by atoms with Crippen LogP contribution in [0.4, 0.5) is 5.69 Å². The third-order valence-corrected chi connectivity index (χ3v) is 6.51. The van der Waals surface area contributed by atoms with Crippen LogP contribution in [0.15, 0.2) is 42.7 Å².